The van der Waals surface area contributed by atoms with Gasteiger partial charge in [0.25, 0.3) is 0 Å². The molecular weight excluding hydrogens is 270 g/mol. The second-order valence-corrected chi connectivity index (χ2v) is 6.93. The van der Waals surface area contributed by atoms with Crippen LogP contribution in [0, 0.1) is 5.41 Å². The molecule has 0 heterocycles. The zero-order valence-electron chi connectivity index (χ0n) is 14.5. The number of aliphatic hydroxyl groups excluding tert-OH is 1. The van der Waals surface area contributed by atoms with Crippen LogP contribution < -0.4 is 5.32 Å². The van der Waals surface area contributed by atoms with Gasteiger partial charge in [-0.15, -0.1) is 0 Å². The smallest absolute Gasteiger partial charge is 0.407 e. The number of carbonyl (C=O) groups excluding carboxylic acids is 1. The van der Waals surface area contributed by atoms with E-state index in [1.165, 1.54) is 0 Å². The highest BCUT2D eigenvalue weighted by molar-refractivity contribution is 5.67. The third kappa shape index (κ3) is 9.69. The molecule has 0 aliphatic rings. The van der Waals surface area contributed by atoms with E-state index >= 15 is 0 Å². The Labute approximate surface area is 129 Å². The van der Waals surface area contributed by atoms with E-state index in [1.54, 1.807) is 0 Å². The fraction of sp³-hybridized carbons (Fsp3) is 0.938. The average molecular weight is 303 g/mol. The summed E-state index contributed by atoms with van der Waals surface area (Å²) in [6, 6.07) is 0. The highest BCUT2D eigenvalue weighted by atomic mass is 16.6. The molecule has 0 saturated heterocycles. The third-order valence-corrected chi connectivity index (χ3v) is 3.21. The zero-order chi connectivity index (χ0) is 16.5. The molecule has 0 bridgehead atoms. The standard InChI is InChI=1S/C16H33NO4/c1-7-8-16(12-18,9-10-20-13(2)3)11-17-14(19)21-15(4,5)6/h13,18H,7-12H2,1-6H3,(H,17,19). The van der Waals surface area contributed by atoms with Gasteiger partial charge in [-0.25, -0.2) is 4.79 Å². The largest absolute Gasteiger partial charge is 0.444 e. The van der Waals surface area contributed by atoms with Crippen LogP contribution >= 0.6 is 0 Å². The molecule has 0 rings (SSSR count). The lowest BCUT2D eigenvalue weighted by molar-refractivity contribution is 0.0194. The Morgan fingerprint density at radius 2 is 1.86 bits per heavy atom. The van der Waals surface area contributed by atoms with Crippen molar-refractivity contribution in [3.05, 3.63) is 0 Å². The first-order valence-electron chi connectivity index (χ1n) is 7.83. The number of aliphatic hydroxyl groups is 1. The van der Waals surface area contributed by atoms with E-state index in [4.69, 9.17) is 9.47 Å². The fourth-order valence-corrected chi connectivity index (χ4v) is 2.13. The number of carbonyl (C=O) groups is 1. The second-order valence-electron chi connectivity index (χ2n) is 6.93. The summed E-state index contributed by atoms with van der Waals surface area (Å²) in [5, 5.41) is 12.5. The number of nitrogens with one attached hydrogen (secondary N) is 1. The molecule has 0 aromatic rings. The van der Waals surface area contributed by atoms with Gasteiger partial charge in [0.1, 0.15) is 5.60 Å². The summed E-state index contributed by atoms with van der Waals surface area (Å²) in [4.78, 5) is 11.8. The Kier molecular flexibility index (Phi) is 8.90. The van der Waals surface area contributed by atoms with E-state index < -0.39 is 11.7 Å². The van der Waals surface area contributed by atoms with Crippen molar-refractivity contribution in [3.63, 3.8) is 0 Å². The lowest BCUT2D eigenvalue weighted by atomic mass is 9.81. The summed E-state index contributed by atoms with van der Waals surface area (Å²) in [6.07, 6.45) is 2.22. The van der Waals surface area contributed by atoms with Crippen LogP contribution in [-0.2, 0) is 9.47 Å². The third-order valence-electron chi connectivity index (χ3n) is 3.21. The van der Waals surface area contributed by atoms with E-state index in [0.717, 1.165) is 12.8 Å². The minimum atomic E-state index is -0.516. The molecule has 2 N–H and O–H groups in total. The van der Waals surface area contributed by atoms with Crippen LogP contribution in [0.25, 0.3) is 0 Å². The Morgan fingerprint density at radius 3 is 2.29 bits per heavy atom. The molecule has 0 radical (unpaired) electrons. The molecule has 1 unspecified atom stereocenters. The van der Waals surface area contributed by atoms with Crippen LogP contribution in [0.15, 0.2) is 0 Å². The van der Waals surface area contributed by atoms with Crippen LogP contribution in [0.1, 0.15) is 60.8 Å². The zero-order valence-corrected chi connectivity index (χ0v) is 14.5. The van der Waals surface area contributed by atoms with Crippen molar-refractivity contribution in [1.29, 1.82) is 0 Å². The Balaban J connectivity index is 4.49. The van der Waals surface area contributed by atoms with Gasteiger partial charge in [0, 0.05) is 18.6 Å². The summed E-state index contributed by atoms with van der Waals surface area (Å²) in [6.45, 7) is 12.5. The average Bonchev–Trinajstić information content (AvgIpc) is 2.33. The van der Waals surface area contributed by atoms with Crippen molar-refractivity contribution in [3.8, 4) is 0 Å². The predicted molar refractivity (Wildman–Crippen MR) is 84.4 cm³/mol. The number of hydrogen-bond acceptors (Lipinski definition) is 4. The van der Waals surface area contributed by atoms with Crippen LogP contribution in [0.2, 0.25) is 0 Å². The van der Waals surface area contributed by atoms with Gasteiger partial charge in [-0.05, 0) is 47.5 Å². The number of rotatable bonds is 9. The molecule has 5 nitrogen and oxygen atoms in total. The van der Waals surface area contributed by atoms with Crippen molar-refractivity contribution in [2.75, 3.05) is 19.8 Å². The van der Waals surface area contributed by atoms with Crippen LogP contribution in [0.4, 0.5) is 4.79 Å². The highest BCUT2D eigenvalue weighted by Gasteiger charge is 2.30. The molecule has 0 spiro atoms. The molecule has 0 saturated carbocycles. The topological polar surface area (TPSA) is 67.8 Å². The first-order chi connectivity index (χ1) is 9.64. The molecule has 0 aliphatic heterocycles. The second kappa shape index (κ2) is 9.26. The van der Waals surface area contributed by atoms with Crippen LogP contribution in [0.5, 0.6) is 0 Å². The normalized spacial score (nSPS) is 14.9. The van der Waals surface area contributed by atoms with E-state index in [9.17, 15) is 9.90 Å². The van der Waals surface area contributed by atoms with E-state index in [-0.39, 0.29) is 18.1 Å². The van der Waals surface area contributed by atoms with Crippen molar-refractivity contribution < 1.29 is 19.4 Å². The van der Waals surface area contributed by atoms with Crippen molar-refractivity contribution in [2.24, 2.45) is 5.41 Å². The fourth-order valence-electron chi connectivity index (χ4n) is 2.13. The van der Waals surface area contributed by atoms with Gasteiger partial charge in [-0.3, -0.25) is 0 Å². The Bertz CT molecular complexity index is 299. The summed E-state index contributed by atoms with van der Waals surface area (Å²) < 4.78 is 10.8. The maximum absolute atomic E-state index is 11.8. The van der Waals surface area contributed by atoms with Gasteiger partial charge in [0.2, 0.25) is 0 Å². The molecule has 5 heteroatoms. The van der Waals surface area contributed by atoms with Gasteiger partial charge < -0.3 is 19.9 Å². The molecule has 0 fully saturated rings. The lowest BCUT2D eigenvalue weighted by Gasteiger charge is -2.32. The van der Waals surface area contributed by atoms with E-state index in [0.29, 0.717) is 19.6 Å². The van der Waals surface area contributed by atoms with Gasteiger partial charge in [0.15, 0.2) is 0 Å². The Morgan fingerprint density at radius 1 is 1.24 bits per heavy atom. The minimum Gasteiger partial charge on any atom is -0.444 e. The quantitative estimate of drug-likeness (QED) is 0.687. The van der Waals surface area contributed by atoms with Crippen molar-refractivity contribution in [1.82, 2.24) is 5.32 Å². The summed E-state index contributed by atoms with van der Waals surface area (Å²) in [7, 11) is 0. The lowest BCUT2D eigenvalue weighted by Crippen LogP contribution is -2.43. The van der Waals surface area contributed by atoms with Gasteiger partial charge in [-0.2, -0.15) is 0 Å². The minimum absolute atomic E-state index is 0.0259. The van der Waals surface area contributed by atoms with E-state index in [1.807, 2.05) is 34.6 Å². The van der Waals surface area contributed by atoms with Gasteiger partial charge in [0.05, 0.1) is 12.7 Å². The summed E-state index contributed by atoms with van der Waals surface area (Å²) in [5.74, 6) is 0. The molecule has 126 valence electrons. The number of ether oxygens (including phenoxy) is 2. The first kappa shape index (κ1) is 20.2. The maximum atomic E-state index is 11.8. The summed E-state index contributed by atoms with van der Waals surface area (Å²) >= 11 is 0. The van der Waals surface area contributed by atoms with Gasteiger partial charge >= 0.3 is 6.09 Å². The predicted octanol–water partition coefficient (Wildman–Crippen LogP) is 3.11. The van der Waals surface area contributed by atoms with Crippen LogP contribution in [-0.4, -0.2) is 42.7 Å². The Hall–Kier alpha value is -0.810. The SMILES string of the molecule is CCCC(CO)(CCOC(C)C)CNC(=O)OC(C)(C)C. The number of hydrogen-bond donors (Lipinski definition) is 2. The number of amides is 1. The molecular formula is C16H33NO4. The van der Waals surface area contributed by atoms with Gasteiger partial charge in [-0.1, -0.05) is 13.3 Å². The summed E-state index contributed by atoms with van der Waals surface area (Å²) in [5.41, 5.74) is -0.863. The number of alkyl carbamates (subject to hydrolysis) is 1. The molecule has 1 amide bonds. The molecule has 21 heavy (non-hydrogen) atoms. The highest BCUT2D eigenvalue weighted by Crippen LogP contribution is 2.27. The molecule has 0 aromatic heterocycles. The molecule has 0 aromatic carbocycles. The maximum Gasteiger partial charge on any atom is 0.407 e. The van der Waals surface area contributed by atoms with Crippen LogP contribution in [0.3, 0.4) is 0 Å². The first-order valence-corrected chi connectivity index (χ1v) is 7.83. The molecule has 0 aliphatic carbocycles. The van der Waals surface area contributed by atoms with E-state index in [2.05, 4.69) is 12.2 Å². The van der Waals surface area contributed by atoms with Crippen molar-refractivity contribution >= 4 is 6.09 Å². The van der Waals surface area contributed by atoms with Crippen molar-refractivity contribution in [2.45, 2.75) is 72.5 Å². The molecule has 1 atom stereocenters. The monoisotopic (exact) mass is 303 g/mol.